The summed E-state index contributed by atoms with van der Waals surface area (Å²) in [5, 5.41) is 13.1. The number of likely N-dealkylation sites (tertiary alicyclic amines) is 1. The van der Waals surface area contributed by atoms with Crippen LogP contribution in [0.5, 0.6) is 0 Å². The Labute approximate surface area is 91.9 Å². The van der Waals surface area contributed by atoms with E-state index in [4.69, 9.17) is 0 Å². The van der Waals surface area contributed by atoms with Crippen LogP contribution in [-0.4, -0.2) is 44.7 Å². The van der Waals surface area contributed by atoms with Gasteiger partial charge in [0.2, 0.25) is 0 Å². The highest BCUT2D eigenvalue weighted by Crippen LogP contribution is 2.21. The second kappa shape index (κ2) is 4.24. The molecule has 0 radical (unpaired) electrons. The normalized spacial score (nSPS) is 23.1. The highest BCUT2D eigenvalue weighted by Gasteiger charge is 2.30. The molecular formula is C9H13N3O2S. The van der Waals surface area contributed by atoms with E-state index in [1.54, 1.807) is 11.8 Å². The molecule has 1 N–H and O–H groups in total. The molecule has 0 aliphatic carbocycles. The van der Waals surface area contributed by atoms with Crippen LogP contribution < -0.4 is 0 Å². The largest absolute Gasteiger partial charge is 0.393 e. The number of carbonyl (C=O) groups excluding carboxylic acids is 1. The Hall–Kier alpha value is -1.01. The molecule has 15 heavy (non-hydrogen) atoms. The molecule has 2 heterocycles. The summed E-state index contributed by atoms with van der Waals surface area (Å²) >= 11 is 1.11. The van der Waals surface area contributed by atoms with Crippen molar-refractivity contribution in [1.82, 2.24) is 14.5 Å². The van der Waals surface area contributed by atoms with Gasteiger partial charge in [0.05, 0.1) is 12.3 Å². The van der Waals surface area contributed by atoms with E-state index in [0.717, 1.165) is 18.0 Å². The van der Waals surface area contributed by atoms with Gasteiger partial charge >= 0.3 is 0 Å². The fourth-order valence-corrected chi connectivity index (χ4v) is 2.27. The van der Waals surface area contributed by atoms with Gasteiger partial charge in [0.15, 0.2) is 0 Å². The lowest BCUT2D eigenvalue weighted by Gasteiger charge is -2.16. The van der Waals surface area contributed by atoms with Gasteiger partial charge in [-0.15, -0.1) is 5.10 Å². The SMILES string of the molecule is CC(O)C1CCN(C(=O)c2cnns2)C1. The number of amides is 1. The molecule has 0 bridgehead atoms. The van der Waals surface area contributed by atoms with E-state index in [-0.39, 0.29) is 17.9 Å². The Kier molecular flexibility index (Phi) is 2.97. The summed E-state index contributed by atoms with van der Waals surface area (Å²) in [4.78, 5) is 14.2. The minimum Gasteiger partial charge on any atom is -0.393 e. The minimum absolute atomic E-state index is 0.0202. The van der Waals surface area contributed by atoms with Crippen molar-refractivity contribution in [2.75, 3.05) is 13.1 Å². The Bertz CT molecular complexity index is 339. The van der Waals surface area contributed by atoms with Crippen molar-refractivity contribution in [3.05, 3.63) is 11.1 Å². The lowest BCUT2D eigenvalue weighted by molar-refractivity contribution is 0.0767. The van der Waals surface area contributed by atoms with Crippen LogP contribution in [0.3, 0.4) is 0 Å². The second-order valence-electron chi connectivity index (χ2n) is 3.82. The van der Waals surface area contributed by atoms with Crippen LogP contribution in [0.1, 0.15) is 23.0 Å². The van der Waals surface area contributed by atoms with Crippen LogP contribution in [0, 0.1) is 5.92 Å². The number of hydrogen-bond acceptors (Lipinski definition) is 5. The molecule has 2 unspecified atom stereocenters. The number of rotatable bonds is 2. The van der Waals surface area contributed by atoms with E-state index in [2.05, 4.69) is 9.59 Å². The van der Waals surface area contributed by atoms with Crippen LogP contribution in [0.2, 0.25) is 0 Å². The van der Waals surface area contributed by atoms with E-state index in [1.165, 1.54) is 6.20 Å². The zero-order valence-corrected chi connectivity index (χ0v) is 9.28. The third kappa shape index (κ3) is 2.15. The van der Waals surface area contributed by atoms with Crippen molar-refractivity contribution in [2.45, 2.75) is 19.4 Å². The summed E-state index contributed by atoms with van der Waals surface area (Å²) < 4.78 is 3.66. The molecule has 82 valence electrons. The average molecular weight is 227 g/mol. The molecule has 1 aromatic heterocycles. The summed E-state index contributed by atoms with van der Waals surface area (Å²) in [6.45, 7) is 3.12. The quantitative estimate of drug-likeness (QED) is 0.793. The van der Waals surface area contributed by atoms with E-state index < -0.39 is 0 Å². The predicted molar refractivity (Wildman–Crippen MR) is 55.6 cm³/mol. The van der Waals surface area contributed by atoms with E-state index in [9.17, 15) is 9.90 Å². The molecule has 1 aliphatic heterocycles. The summed E-state index contributed by atoms with van der Waals surface area (Å²) in [5.41, 5.74) is 0. The molecule has 1 fully saturated rings. The zero-order chi connectivity index (χ0) is 10.8. The molecular weight excluding hydrogens is 214 g/mol. The first-order chi connectivity index (χ1) is 7.18. The highest BCUT2D eigenvalue weighted by molar-refractivity contribution is 7.07. The molecule has 0 aromatic carbocycles. The lowest BCUT2D eigenvalue weighted by Crippen LogP contribution is -2.29. The summed E-state index contributed by atoms with van der Waals surface area (Å²) in [7, 11) is 0. The van der Waals surface area contributed by atoms with Crippen LogP contribution >= 0.6 is 11.5 Å². The van der Waals surface area contributed by atoms with E-state index >= 15 is 0 Å². The van der Waals surface area contributed by atoms with Crippen LogP contribution in [0.4, 0.5) is 0 Å². The molecule has 6 heteroatoms. The molecule has 0 saturated carbocycles. The zero-order valence-electron chi connectivity index (χ0n) is 8.46. The molecule has 1 aromatic rings. The Morgan fingerprint density at radius 2 is 2.60 bits per heavy atom. The number of nitrogens with zero attached hydrogens (tertiary/aromatic N) is 3. The predicted octanol–water partition coefficient (Wildman–Crippen LogP) is 0.381. The first-order valence-corrected chi connectivity index (χ1v) is 5.70. The molecule has 1 amide bonds. The molecule has 1 aliphatic rings. The number of aliphatic hydroxyl groups is 1. The first-order valence-electron chi connectivity index (χ1n) is 4.93. The topological polar surface area (TPSA) is 66.3 Å². The van der Waals surface area contributed by atoms with E-state index in [1.807, 2.05) is 0 Å². The van der Waals surface area contributed by atoms with Crippen LogP contribution in [-0.2, 0) is 0 Å². The fraction of sp³-hybridized carbons (Fsp3) is 0.667. The maximum atomic E-state index is 11.9. The van der Waals surface area contributed by atoms with Gasteiger partial charge in [0, 0.05) is 19.0 Å². The number of hydrogen-bond donors (Lipinski definition) is 1. The van der Waals surface area contributed by atoms with Gasteiger partial charge < -0.3 is 10.0 Å². The van der Waals surface area contributed by atoms with Crippen molar-refractivity contribution in [2.24, 2.45) is 5.92 Å². The average Bonchev–Trinajstić information content (AvgIpc) is 2.88. The van der Waals surface area contributed by atoms with Crippen molar-refractivity contribution < 1.29 is 9.90 Å². The highest BCUT2D eigenvalue weighted by atomic mass is 32.1. The van der Waals surface area contributed by atoms with Gasteiger partial charge in [-0.25, -0.2) is 0 Å². The van der Waals surface area contributed by atoms with Crippen molar-refractivity contribution in [1.29, 1.82) is 0 Å². The lowest BCUT2D eigenvalue weighted by atomic mass is 10.0. The standard InChI is InChI=1S/C9H13N3O2S/c1-6(13)7-2-3-12(5-7)9(14)8-4-10-11-15-8/h4,6-7,13H,2-3,5H2,1H3. The third-order valence-corrected chi connectivity index (χ3v) is 3.42. The van der Waals surface area contributed by atoms with Gasteiger partial charge in [0.1, 0.15) is 4.88 Å². The Morgan fingerprint density at radius 1 is 1.80 bits per heavy atom. The number of aromatic nitrogens is 2. The molecule has 5 nitrogen and oxygen atoms in total. The smallest absolute Gasteiger partial charge is 0.267 e. The first kappa shape index (κ1) is 10.5. The number of carbonyl (C=O) groups is 1. The third-order valence-electron chi connectivity index (χ3n) is 2.77. The van der Waals surface area contributed by atoms with Crippen molar-refractivity contribution >= 4 is 17.4 Å². The fourth-order valence-electron chi connectivity index (χ4n) is 1.78. The van der Waals surface area contributed by atoms with Gasteiger partial charge in [-0.1, -0.05) is 4.49 Å². The van der Waals surface area contributed by atoms with Crippen LogP contribution in [0.15, 0.2) is 6.20 Å². The van der Waals surface area contributed by atoms with Gasteiger partial charge in [-0.2, -0.15) is 0 Å². The van der Waals surface area contributed by atoms with Crippen molar-refractivity contribution in [3.8, 4) is 0 Å². The summed E-state index contributed by atoms with van der Waals surface area (Å²) in [5.74, 6) is 0.183. The monoisotopic (exact) mass is 227 g/mol. The summed E-state index contributed by atoms with van der Waals surface area (Å²) in [6, 6.07) is 0. The summed E-state index contributed by atoms with van der Waals surface area (Å²) in [6.07, 6.45) is 2.01. The van der Waals surface area contributed by atoms with Gasteiger partial charge in [-0.3, -0.25) is 4.79 Å². The van der Waals surface area contributed by atoms with Crippen LogP contribution in [0.25, 0.3) is 0 Å². The number of aliphatic hydroxyl groups excluding tert-OH is 1. The molecule has 2 atom stereocenters. The van der Waals surface area contributed by atoms with Gasteiger partial charge in [-0.05, 0) is 24.9 Å². The molecule has 1 saturated heterocycles. The maximum absolute atomic E-state index is 11.9. The molecule has 2 rings (SSSR count). The Balaban J connectivity index is 1.99. The van der Waals surface area contributed by atoms with E-state index in [0.29, 0.717) is 18.0 Å². The van der Waals surface area contributed by atoms with Gasteiger partial charge in [0.25, 0.3) is 5.91 Å². The maximum Gasteiger partial charge on any atom is 0.267 e. The molecule has 0 spiro atoms. The van der Waals surface area contributed by atoms with Crippen molar-refractivity contribution in [3.63, 3.8) is 0 Å². The minimum atomic E-state index is -0.345. The Morgan fingerprint density at radius 3 is 3.13 bits per heavy atom. The second-order valence-corrected chi connectivity index (χ2v) is 4.61.